The number of aliphatic hydroxyl groups excluding tert-OH is 1. The molecule has 0 fully saturated rings. The molecule has 0 saturated heterocycles. The van der Waals surface area contributed by atoms with Crippen molar-refractivity contribution in [3.63, 3.8) is 0 Å². The number of terminal acetylenes is 1. The smallest absolute Gasteiger partial charge is 0.253 e. The molecule has 0 aliphatic heterocycles. The van der Waals surface area contributed by atoms with Crippen molar-refractivity contribution >= 4 is 16.8 Å². The summed E-state index contributed by atoms with van der Waals surface area (Å²) in [5.74, 6) is 1.00. The Morgan fingerprint density at radius 2 is 2.25 bits per heavy atom. The number of aromatic amines is 1. The molecule has 1 unspecified atom stereocenters. The number of aliphatic hydroxyl groups is 1. The molecule has 1 atom stereocenters. The number of benzene rings is 1. The average molecular weight is 274 g/mol. The number of fused-ring (bicyclic) bond motifs is 1. The molecule has 5 nitrogen and oxygen atoms in total. The summed E-state index contributed by atoms with van der Waals surface area (Å²) in [5, 5.41) is 11.6. The van der Waals surface area contributed by atoms with E-state index in [9.17, 15) is 14.0 Å². The van der Waals surface area contributed by atoms with Crippen LogP contribution in [0.2, 0.25) is 0 Å². The van der Waals surface area contributed by atoms with Crippen molar-refractivity contribution in [2.45, 2.75) is 6.04 Å². The van der Waals surface area contributed by atoms with Gasteiger partial charge in [0.05, 0.1) is 12.2 Å². The quantitative estimate of drug-likeness (QED) is 0.708. The number of rotatable bonds is 3. The second kappa shape index (κ2) is 5.55. The number of amides is 1. The van der Waals surface area contributed by atoms with Gasteiger partial charge in [-0.2, -0.15) is 0 Å². The zero-order valence-electron chi connectivity index (χ0n) is 10.3. The summed E-state index contributed by atoms with van der Waals surface area (Å²) in [4.78, 5) is 26.1. The molecule has 0 aliphatic rings. The van der Waals surface area contributed by atoms with Crippen molar-refractivity contribution in [2.24, 2.45) is 0 Å². The third-order valence-electron chi connectivity index (χ3n) is 2.74. The molecule has 0 spiro atoms. The minimum atomic E-state index is -0.870. The molecule has 1 aromatic carbocycles. The topological polar surface area (TPSA) is 82.2 Å². The Hall–Kier alpha value is -2.65. The van der Waals surface area contributed by atoms with Crippen molar-refractivity contribution in [3.8, 4) is 12.3 Å². The highest BCUT2D eigenvalue weighted by Crippen LogP contribution is 2.16. The van der Waals surface area contributed by atoms with Gasteiger partial charge in [-0.25, -0.2) is 4.39 Å². The van der Waals surface area contributed by atoms with Crippen LogP contribution in [-0.2, 0) is 0 Å². The summed E-state index contributed by atoms with van der Waals surface area (Å²) in [6.45, 7) is -0.433. The molecule has 1 amide bonds. The van der Waals surface area contributed by atoms with Crippen molar-refractivity contribution in [1.29, 1.82) is 0 Å². The van der Waals surface area contributed by atoms with E-state index in [0.29, 0.717) is 5.52 Å². The molecule has 2 aromatic rings. The van der Waals surface area contributed by atoms with E-state index in [1.54, 1.807) is 0 Å². The number of nitrogens with one attached hydrogen (secondary N) is 2. The lowest BCUT2D eigenvalue weighted by Gasteiger charge is -2.11. The molecule has 1 heterocycles. The highest BCUT2D eigenvalue weighted by atomic mass is 19.1. The largest absolute Gasteiger partial charge is 0.393 e. The zero-order valence-corrected chi connectivity index (χ0v) is 10.3. The van der Waals surface area contributed by atoms with Crippen molar-refractivity contribution < 1.29 is 14.3 Å². The van der Waals surface area contributed by atoms with Crippen LogP contribution >= 0.6 is 0 Å². The molecular formula is C14H11FN2O3. The van der Waals surface area contributed by atoms with Crippen molar-refractivity contribution in [3.05, 3.63) is 46.0 Å². The molecule has 0 aliphatic carbocycles. The Morgan fingerprint density at radius 1 is 1.50 bits per heavy atom. The molecule has 1 aromatic heterocycles. The van der Waals surface area contributed by atoms with Gasteiger partial charge in [0.2, 0.25) is 5.56 Å². The van der Waals surface area contributed by atoms with E-state index < -0.39 is 29.9 Å². The molecular weight excluding hydrogens is 263 g/mol. The van der Waals surface area contributed by atoms with Crippen LogP contribution in [0.4, 0.5) is 4.39 Å². The average Bonchev–Trinajstić information content (AvgIpc) is 2.44. The predicted molar refractivity (Wildman–Crippen MR) is 71.7 cm³/mol. The van der Waals surface area contributed by atoms with E-state index in [2.05, 4.69) is 16.2 Å². The number of pyridine rings is 1. The van der Waals surface area contributed by atoms with Crippen molar-refractivity contribution in [2.75, 3.05) is 6.61 Å². The lowest BCUT2D eigenvalue weighted by Crippen LogP contribution is -2.36. The Labute approximate surface area is 113 Å². The van der Waals surface area contributed by atoms with Gasteiger partial charge in [-0.05, 0) is 18.2 Å². The highest BCUT2D eigenvalue weighted by molar-refractivity contribution is 6.06. The maximum absolute atomic E-state index is 13.3. The van der Waals surface area contributed by atoms with E-state index in [1.807, 2.05) is 0 Å². The van der Waals surface area contributed by atoms with Gasteiger partial charge in [-0.15, -0.1) is 6.42 Å². The van der Waals surface area contributed by atoms with Crippen LogP contribution in [0.15, 0.2) is 29.1 Å². The summed E-state index contributed by atoms with van der Waals surface area (Å²) in [7, 11) is 0. The number of carbonyl (C=O) groups is 1. The molecule has 0 saturated carbocycles. The lowest BCUT2D eigenvalue weighted by atomic mass is 10.1. The normalized spacial score (nSPS) is 11.8. The first kappa shape index (κ1) is 13.8. The fourth-order valence-corrected chi connectivity index (χ4v) is 1.79. The standard InChI is InChI=1S/C14H11FN2O3/c1-2-9(7-18)16-14(20)11-6-13(19)17-12-4-3-8(15)5-10(11)12/h1,3-6,9,18H,7H2,(H,16,20)(H,17,19). The Morgan fingerprint density at radius 3 is 2.90 bits per heavy atom. The lowest BCUT2D eigenvalue weighted by molar-refractivity contribution is 0.0933. The first-order valence-corrected chi connectivity index (χ1v) is 5.75. The van der Waals surface area contributed by atoms with E-state index in [1.165, 1.54) is 12.1 Å². The second-order valence-corrected chi connectivity index (χ2v) is 4.11. The Balaban J connectivity index is 2.53. The van der Waals surface area contributed by atoms with Crippen LogP contribution in [0.3, 0.4) is 0 Å². The van der Waals surface area contributed by atoms with Crippen LogP contribution in [0, 0.1) is 18.2 Å². The predicted octanol–water partition coefficient (Wildman–Crippen LogP) is 0.391. The zero-order chi connectivity index (χ0) is 14.7. The number of aromatic nitrogens is 1. The first-order valence-electron chi connectivity index (χ1n) is 5.75. The number of halogens is 1. The van der Waals surface area contributed by atoms with Crippen LogP contribution in [0.25, 0.3) is 10.9 Å². The fraction of sp³-hybridized carbons (Fsp3) is 0.143. The van der Waals surface area contributed by atoms with E-state index in [4.69, 9.17) is 11.5 Å². The molecule has 0 bridgehead atoms. The van der Waals surface area contributed by atoms with Gasteiger partial charge in [-0.1, -0.05) is 5.92 Å². The van der Waals surface area contributed by atoms with E-state index >= 15 is 0 Å². The van der Waals surface area contributed by atoms with Crippen LogP contribution < -0.4 is 10.9 Å². The number of H-pyrrole nitrogens is 1. The number of hydrogen-bond acceptors (Lipinski definition) is 3. The van der Waals surface area contributed by atoms with Gasteiger partial charge in [0.25, 0.3) is 5.91 Å². The van der Waals surface area contributed by atoms with Crippen LogP contribution in [0.5, 0.6) is 0 Å². The van der Waals surface area contributed by atoms with E-state index in [0.717, 1.165) is 12.1 Å². The Kier molecular flexibility index (Phi) is 3.82. The monoisotopic (exact) mass is 274 g/mol. The molecule has 2 rings (SSSR count). The van der Waals surface area contributed by atoms with Gasteiger partial charge in [0.1, 0.15) is 11.9 Å². The molecule has 3 N–H and O–H groups in total. The number of carbonyl (C=O) groups excluding carboxylic acids is 1. The maximum Gasteiger partial charge on any atom is 0.253 e. The summed E-state index contributed by atoms with van der Waals surface area (Å²) in [5.41, 5.74) is -0.155. The van der Waals surface area contributed by atoms with Gasteiger partial charge in [0.15, 0.2) is 0 Å². The minimum absolute atomic E-state index is 0.00282. The minimum Gasteiger partial charge on any atom is -0.393 e. The highest BCUT2D eigenvalue weighted by Gasteiger charge is 2.15. The van der Waals surface area contributed by atoms with Crippen LogP contribution in [-0.4, -0.2) is 28.6 Å². The Bertz CT molecular complexity index is 761. The summed E-state index contributed by atoms with van der Waals surface area (Å²) in [6, 6.07) is 3.88. The molecule has 6 heteroatoms. The fourth-order valence-electron chi connectivity index (χ4n) is 1.79. The first-order chi connectivity index (χ1) is 9.55. The third kappa shape index (κ3) is 2.68. The molecule has 0 radical (unpaired) electrons. The summed E-state index contributed by atoms with van der Waals surface area (Å²) < 4.78 is 13.3. The third-order valence-corrected chi connectivity index (χ3v) is 2.74. The molecule has 20 heavy (non-hydrogen) atoms. The van der Waals surface area contributed by atoms with Gasteiger partial charge in [0, 0.05) is 17.0 Å². The van der Waals surface area contributed by atoms with Crippen LogP contribution in [0.1, 0.15) is 10.4 Å². The second-order valence-electron chi connectivity index (χ2n) is 4.11. The summed E-state index contributed by atoms with van der Waals surface area (Å²) in [6.07, 6.45) is 5.12. The molecule has 102 valence electrons. The maximum atomic E-state index is 13.3. The summed E-state index contributed by atoms with van der Waals surface area (Å²) >= 11 is 0. The number of hydrogen-bond donors (Lipinski definition) is 3. The van der Waals surface area contributed by atoms with Gasteiger partial charge in [-0.3, -0.25) is 9.59 Å². The van der Waals surface area contributed by atoms with E-state index in [-0.39, 0.29) is 10.9 Å². The van der Waals surface area contributed by atoms with Crippen molar-refractivity contribution in [1.82, 2.24) is 10.3 Å². The van der Waals surface area contributed by atoms with Gasteiger partial charge >= 0.3 is 0 Å². The SMILES string of the molecule is C#CC(CO)NC(=O)c1cc(=O)[nH]c2ccc(F)cc12. The van der Waals surface area contributed by atoms with Gasteiger partial charge < -0.3 is 15.4 Å².